The molecule has 4 aliphatic heterocycles. The predicted molar refractivity (Wildman–Crippen MR) is 113 cm³/mol. The van der Waals surface area contributed by atoms with Crippen molar-refractivity contribution in [1.82, 2.24) is 10.2 Å². The Labute approximate surface area is 172 Å². The van der Waals surface area contributed by atoms with Crippen LogP contribution < -0.4 is 5.32 Å². The second-order valence-electron chi connectivity index (χ2n) is 10.4. The van der Waals surface area contributed by atoms with Crippen LogP contribution in [0.25, 0.3) is 0 Å². The second kappa shape index (κ2) is 8.91. The van der Waals surface area contributed by atoms with E-state index in [1.807, 2.05) is 0 Å². The third-order valence-corrected chi connectivity index (χ3v) is 8.95. The molecule has 0 radical (unpaired) electrons. The van der Waals surface area contributed by atoms with Crippen molar-refractivity contribution >= 4 is 0 Å². The summed E-state index contributed by atoms with van der Waals surface area (Å²) in [7, 11) is 0. The van der Waals surface area contributed by atoms with Crippen LogP contribution in [0.4, 0.5) is 0 Å². The van der Waals surface area contributed by atoms with Crippen molar-refractivity contribution in [2.24, 2.45) is 11.8 Å². The third kappa shape index (κ3) is 4.04. The van der Waals surface area contributed by atoms with E-state index in [0.29, 0.717) is 23.8 Å². The highest BCUT2D eigenvalue weighted by molar-refractivity contribution is 5.04. The fourth-order valence-corrected chi connectivity index (χ4v) is 7.39. The molecule has 2 saturated carbocycles. The maximum Gasteiger partial charge on any atom is 0.0643 e. The Morgan fingerprint density at radius 1 is 0.786 bits per heavy atom. The number of nitrogens with one attached hydrogen (secondary N) is 1. The monoisotopic (exact) mass is 390 g/mol. The fraction of sp³-hybridized carbons (Fsp3) is 1.00. The Hall–Kier alpha value is -0.160. The number of hydrogen-bond acceptors (Lipinski definition) is 4. The smallest absolute Gasteiger partial charge is 0.0643 e. The lowest BCUT2D eigenvalue weighted by Gasteiger charge is -2.52. The van der Waals surface area contributed by atoms with Gasteiger partial charge in [-0.1, -0.05) is 19.3 Å². The van der Waals surface area contributed by atoms with E-state index < -0.39 is 0 Å². The SMILES string of the molecule is C1CC[C@@]2(CCCN3CCOC4CCCCC4C4CCC(CC4)OC[C@H]32)NC1. The molecule has 2 bridgehead atoms. The van der Waals surface area contributed by atoms with Crippen LogP contribution in [0.15, 0.2) is 0 Å². The Balaban J connectivity index is 1.34. The summed E-state index contributed by atoms with van der Waals surface area (Å²) in [4.78, 5) is 2.74. The Bertz CT molecular complexity index is 493. The molecule has 6 rings (SSSR count). The minimum absolute atomic E-state index is 0.293. The zero-order valence-corrected chi connectivity index (χ0v) is 17.9. The van der Waals surface area contributed by atoms with Gasteiger partial charge in [-0.15, -0.1) is 0 Å². The average molecular weight is 391 g/mol. The van der Waals surface area contributed by atoms with Gasteiger partial charge in [-0.3, -0.25) is 4.90 Å². The van der Waals surface area contributed by atoms with Crippen LogP contribution in [0.1, 0.15) is 83.5 Å². The van der Waals surface area contributed by atoms with E-state index in [1.54, 1.807) is 0 Å². The van der Waals surface area contributed by atoms with Gasteiger partial charge in [0.05, 0.1) is 31.5 Å². The van der Waals surface area contributed by atoms with Crippen LogP contribution in [0.2, 0.25) is 0 Å². The van der Waals surface area contributed by atoms with Crippen molar-refractivity contribution in [2.75, 3.05) is 32.8 Å². The molecule has 4 nitrogen and oxygen atoms in total. The zero-order chi connectivity index (χ0) is 18.8. The predicted octanol–water partition coefficient (Wildman–Crippen LogP) is 4.13. The standard InChI is InChI=1S/C24H42N2O2/c1-2-7-22-21(6-1)19-8-10-20(11-9-19)28-18-23-24(12-3-4-14-25-24)13-5-15-26(23)16-17-27-22/h19-23,25H,1-18H2/t19?,20?,21?,22?,23-,24-/m0/s1. The molecule has 0 amide bonds. The highest BCUT2D eigenvalue weighted by Gasteiger charge is 2.46. The van der Waals surface area contributed by atoms with Gasteiger partial charge in [0.2, 0.25) is 0 Å². The first kappa shape index (κ1) is 19.8. The normalized spacial score (nSPS) is 46.1. The van der Waals surface area contributed by atoms with Crippen molar-refractivity contribution in [2.45, 2.75) is 107 Å². The molecule has 0 aromatic carbocycles. The highest BCUT2D eigenvalue weighted by Crippen LogP contribution is 2.41. The Kier molecular flexibility index (Phi) is 6.30. The number of ether oxygens (including phenoxy) is 2. The summed E-state index contributed by atoms with van der Waals surface area (Å²) in [5.74, 6) is 1.71. The average Bonchev–Trinajstić information content (AvgIpc) is 2.76. The summed E-state index contributed by atoms with van der Waals surface area (Å²) in [5.41, 5.74) is 0.293. The van der Waals surface area contributed by atoms with Gasteiger partial charge >= 0.3 is 0 Å². The number of piperidine rings is 2. The molecular formula is C24H42N2O2. The minimum Gasteiger partial charge on any atom is -0.377 e. The summed E-state index contributed by atoms with van der Waals surface area (Å²) < 4.78 is 13.3. The molecule has 28 heavy (non-hydrogen) atoms. The van der Waals surface area contributed by atoms with Gasteiger partial charge in [0, 0.05) is 12.1 Å². The van der Waals surface area contributed by atoms with Crippen molar-refractivity contribution in [3.63, 3.8) is 0 Å². The molecule has 4 heterocycles. The molecule has 0 aromatic rings. The number of hydrogen-bond donors (Lipinski definition) is 1. The van der Waals surface area contributed by atoms with Gasteiger partial charge in [0.25, 0.3) is 0 Å². The Morgan fingerprint density at radius 2 is 1.64 bits per heavy atom. The Morgan fingerprint density at radius 3 is 2.50 bits per heavy atom. The van der Waals surface area contributed by atoms with Gasteiger partial charge in [-0.25, -0.2) is 0 Å². The second-order valence-corrected chi connectivity index (χ2v) is 10.4. The van der Waals surface area contributed by atoms with E-state index >= 15 is 0 Å². The van der Waals surface area contributed by atoms with Gasteiger partial charge in [0.15, 0.2) is 0 Å². The lowest BCUT2D eigenvalue weighted by Crippen LogP contribution is -2.67. The third-order valence-electron chi connectivity index (χ3n) is 8.95. The number of fused-ring (bicyclic) bond motifs is 5. The number of nitrogens with zero attached hydrogens (tertiary/aromatic N) is 1. The van der Waals surface area contributed by atoms with E-state index in [1.165, 1.54) is 96.6 Å². The van der Waals surface area contributed by atoms with Gasteiger partial charge in [-0.05, 0) is 89.1 Å². The lowest BCUT2D eigenvalue weighted by atomic mass is 9.71. The molecule has 1 spiro atoms. The summed E-state index contributed by atoms with van der Waals surface area (Å²) in [6, 6.07) is 0.533. The van der Waals surface area contributed by atoms with Crippen LogP contribution in [0.3, 0.4) is 0 Å². The number of rotatable bonds is 0. The molecule has 160 valence electrons. The molecule has 0 aromatic heterocycles. The van der Waals surface area contributed by atoms with Crippen molar-refractivity contribution in [1.29, 1.82) is 0 Å². The summed E-state index contributed by atoms with van der Waals surface area (Å²) in [6.07, 6.45) is 18.5. The van der Waals surface area contributed by atoms with Crippen LogP contribution in [0.5, 0.6) is 0 Å². The van der Waals surface area contributed by atoms with Crippen LogP contribution in [-0.2, 0) is 9.47 Å². The molecule has 4 heteroatoms. The zero-order valence-electron chi connectivity index (χ0n) is 17.9. The topological polar surface area (TPSA) is 33.7 Å². The lowest BCUT2D eigenvalue weighted by molar-refractivity contribution is -0.0650. The first-order valence-electron chi connectivity index (χ1n) is 12.6. The molecule has 1 N–H and O–H groups in total. The van der Waals surface area contributed by atoms with E-state index in [4.69, 9.17) is 9.47 Å². The largest absolute Gasteiger partial charge is 0.377 e. The molecular weight excluding hydrogens is 348 g/mol. The first-order chi connectivity index (χ1) is 13.8. The van der Waals surface area contributed by atoms with Crippen molar-refractivity contribution in [3.05, 3.63) is 0 Å². The van der Waals surface area contributed by atoms with Crippen molar-refractivity contribution in [3.8, 4) is 0 Å². The maximum absolute atomic E-state index is 6.65. The minimum atomic E-state index is 0.293. The molecule has 4 saturated heterocycles. The van der Waals surface area contributed by atoms with E-state index in [0.717, 1.165) is 31.6 Å². The molecule has 2 aliphatic carbocycles. The van der Waals surface area contributed by atoms with Gasteiger partial charge in [0.1, 0.15) is 0 Å². The van der Waals surface area contributed by atoms with Gasteiger partial charge < -0.3 is 14.8 Å². The highest BCUT2D eigenvalue weighted by atomic mass is 16.5. The summed E-state index contributed by atoms with van der Waals surface area (Å²) >= 11 is 0. The quantitative estimate of drug-likeness (QED) is 0.674. The molecule has 6 fully saturated rings. The van der Waals surface area contributed by atoms with Crippen LogP contribution >= 0.6 is 0 Å². The maximum atomic E-state index is 6.65. The molecule has 4 atom stereocenters. The summed E-state index contributed by atoms with van der Waals surface area (Å²) in [6.45, 7) is 5.35. The first-order valence-corrected chi connectivity index (χ1v) is 12.6. The van der Waals surface area contributed by atoms with Gasteiger partial charge in [-0.2, -0.15) is 0 Å². The fourth-order valence-electron chi connectivity index (χ4n) is 7.39. The summed E-state index contributed by atoms with van der Waals surface area (Å²) in [5, 5.41) is 3.98. The van der Waals surface area contributed by atoms with Crippen molar-refractivity contribution < 1.29 is 9.47 Å². The van der Waals surface area contributed by atoms with Crippen LogP contribution in [0, 0.1) is 11.8 Å². The van der Waals surface area contributed by atoms with E-state index in [9.17, 15) is 0 Å². The van der Waals surface area contributed by atoms with Crippen LogP contribution in [-0.4, -0.2) is 61.5 Å². The molecule has 6 aliphatic rings. The van der Waals surface area contributed by atoms with E-state index in [2.05, 4.69) is 10.2 Å². The van der Waals surface area contributed by atoms with E-state index in [-0.39, 0.29) is 0 Å². The molecule has 2 unspecified atom stereocenters.